The van der Waals surface area contributed by atoms with Gasteiger partial charge in [-0.3, -0.25) is 19.6 Å². The van der Waals surface area contributed by atoms with Gasteiger partial charge in [-0.1, -0.05) is 72.8 Å². The van der Waals surface area contributed by atoms with Crippen LogP contribution in [-0.4, -0.2) is 42.8 Å². The fraction of sp³-hybridized carbons (Fsp3) is 0.0625. The number of nitrogen functional groups attached to an aromatic ring is 1. The van der Waals surface area contributed by atoms with E-state index < -0.39 is 22.1 Å². The van der Waals surface area contributed by atoms with E-state index in [1.807, 2.05) is 30.3 Å². The minimum Gasteiger partial charge on any atom is -0.427 e. The van der Waals surface area contributed by atoms with E-state index in [4.69, 9.17) is 25.2 Å². The number of hydrogen-bond acceptors (Lipinski definition) is 8. The van der Waals surface area contributed by atoms with Crippen molar-refractivity contribution in [2.75, 3.05) is 6.26 Å². The lowest BCUT2D eigenvalue weighted by atomic mass is 9.99. The average molecular weight is 601 g/mol. The maximum Gasteiger partial charge on any atom is 0.344 e. The largest absolute Gasteiger partial charge is 0.427 e. The molecule has 0 bridgehead atoms. The number of nitrogens with one attached hydrogen (secondary N) is 1. The van der Waals surface area contributed by atoms with Crippen molar-refractivity contribution in [1.29, 1.82) is 5.41 Å². The molecule has 0 radical (unpaired) electrons. The van der Waals surface area contributed by atoms with Crippen LogP contribution in [0.2, 0.25) is 0 Å². The highest BCUT2D eigenvalue weighted by atomic mass is 32.2. The Kier molecular flexibility index (Phi) is 10.8. The second-order valence-electron chi connectivity index (χ2n) is 9.03. The molecule has 11 heteroatoms. The van der Waals surface area contributed by atoms with Crippen molar-refractivity contribution < 1.29 is 36.8 Å². The molecule has 43 heavy (non-hydrogen) atoms. The third-order valence-electron chi connectivity index (χ3n) is 5.53. The van der Waals surface area contributed by atoms with E-state index in [-0.39, 0.29) is 28.5 Å². The monoisotopic (exact) mass is 600 g/mol. The molecule has 0 saturated carbocycles. The summed E-state index contributed by atoms with van der Waals surface area (Å²) in [6, 6.07) is 28.6. The summed E-state index contributed by atoms with van der Waals surface area (Å²) in [5.74, 6) is -1.39. The molecule has 220 valence electrons. The van der Waals surface area contributed by atoms with Crippen molar-refractivity contribution in [3.05, 3.63) is 131 Å². The van der Waals surface area contributed by atoms with Crippen LogP contribution in [0.4, 0.5) is 0 Å². The van der Waals surface area contributed by atoms with Gasteiger partial charge in [0.05, 0.1) is 17.4 Å². The van der Waals surface area contributed by atoms with Gasteiger partial charge >= 0.3 is 11.9 Å². The molecule has 0 aliphatic rings. The normalized spacial score (nSPS) is 11.0. The summed E-state index contributed by atoms with van der Waals surface area (Å²) in [5.41, 5.74) is 7.97. The maximum absolute atomic E-state index is 13.6. The number of amidine groups is 1. The predicted molar refractivity (Wildman–Crippen MR) is 163 cm³/mol. The number of ether oxygens (including phenoxy) is 2. The predicted octanol–water partition coefficient (Wildman–Crippen LogP) is 4.78. The van der Waals surface area contributed by atoms with Crippen LogP contribution >= 0.6 is 0 Å². The van der Waals surface area contributed by atoms with Crippen LogP contribution in [0.5, 0.6) is 11.5 Å². The van der Waals surface area contributed by atoms with Crippen molar-refractivity contribution in [3.8, 4) is 11.5 Å². The minimum absolute atomic E-state index is 0.0318. The number of carbonyl (C=O) groups excluding carboxylic acids is 3. The molecule has 4 N–H and O–H groups in total. The highest BCUT2D eigenvalue weighted by Gasteiger charge is 2.21. The van der Waals surface area contributed by atoms with E-state index in [9.17, 15) is 22.8 Å². The molecule has 0 amide bonds. The fourth-order valence-electron chi connectivity index (χ4n) is 3.71. The summed E-state index contributed by atoms with van der Waals surface area (Å²) < 4.78 is 36.7. The first-order valence-electron chi connectivity index (χ1n) is 12.6. The van der Waals surface area contributed by atoms with Gasteiger partial charge in [0.1, 0.15) is 17.3 Å². The number of rotatable bonds is 8. The summed E-state index contributed by atoms with van der Waals surface area (Å²) in [4.78, 5) is 38.2. The Balaban J connectivity index is 0.000000934. The molecule has 10 nitrogen and oxygen atoms in total. The van der Waals surface area contributed by atoms with E-state index in [1.54, 1.807) is 60.7 Å². The summed E-state index contributed by atoms with van der Waals surface area (Å²) in [7, 11) is -3.67. The highest BCUT2D eigenvalue weighted by Crippen LogP contribution is 2.28. The van der Waals surface area contributed by atoms with Crippen LogP contribution in [0, 0.1) is 5.41 Å². The number of ketones is 1. The van der Waals surface area contributed by atoms with Gasteiger partial charge in [-0.25, -0.2) is 4.79 Å². The highest BCUT2D eigenvalue weighted by molar-refractivity contribution is 7.85. The zero-order valence-corrected chi connectivity index (χ0v) is 24.0. The van der Waals surface area contributed by atoms with E-state index in [1.165, 1.54) is 25.1 Å². The third kappa shape index (κ3) is 10.2. The Bertz CT molecular complexity index is 1760. The third-order valence-corrected chi connectivity index (χ3v) is 5.53. The number of hydrogen-bond donors (Lipinski definition) is 3. The standard InChI is InChI=1S/C31H24N2O5.CH4O3S/c1-20(34)37-25-15-12-22(13-16-25)26(18-21-8-4-2-5-9-21)31(36)38-28-17-14-24(30(32)33)19-27(28)29(35)23-10-6-3-7-11-23;1-5(2,3)4/h2-19H,1H3,(H3,32,33);1H3,(H,2,3,4). The first-order valence-corrected chi connectivity index (χ1v) is 14.4. The summed E-state index contributed by atoms with van der Waals surface area (Å²) in [6.45, 7) is 1.30. The smallest absolute Gasteiger partial charge is 0.344 e. The van der Waals surface area contributed by atoms with E-state index in [2.05, 4.69) is 0 Å². The molecule has 0 aliphatic carbocycles. The van der Waals surface area contributed by atoms with Gasteiger partial charge in [0.15, 0.2) is 5.78 Å². The number of carbonyl (C=O) groups is 3. The molecule has 0 atom stereocenters. The zero-order chi connectivity index (χ0) is 31.6. The van der Waals surface area contributed by atoms with Crippen molar-refractivity contribution in [2.24, 2.45) is 5.73 Å². The molecule has 0 aliphatic heterocycles. The van der Waals surface area contributed by atoms with Crippen LogP contribution in [0.3, 0.4) is 0 Å². The van der Waals surface area contributed by atoms with Crippen LogP contribution in [-0.2, 0) is 19.7 Å². The van der Waals surface area contributed by atoms with Crippen molar-refractivity contribution in [2.45, 2.75) is 6.92 Å². The first kappa shape index (κ1) is 32.1. The first-order chi connectivity index (χ1) is 20.3. The van der Waals surface area contributed by atoms with E-state index in [0.717, 1.165) is 5.56 Å². The Labute approximate surface area is 248 Å². The van der Waals surface area contributed by atoms with Crippen LogP contribution in [0.15, 0.2) is 103 Å². The Morgan fingerprint density at radius 1 is 0.791 bits per heavy atom. The summed E-state index contributed by atoms with van der Waals surface area (Å²) >= 11 is 0. The lowest BCUT2D eigenvalue weighted by Gasteiger charge is -2.14. The average Bonchev–Trinajstić information content (AvgIpc) is 2.96. The van der Waals surface area contributed by atoms with E-state index in [0.29, 0.717) is 28.7 Å². The number of nitrogens with two attached hydrogens (primary N) is 1. The van der Waals surface area contributed by atoms with Crippen molar-refractivity contribution in [3.63, 3.8) is 0 Å². The quantitative estimate of drug-likeness (QED) is 0.0376. The second-order valence-corrected chi connectivity index (χ2v) is 10.5. The molecule has 0 aromatic heterocycles. The second kappa shape index (κ2) is 14.5. The molecule has 4 aromatic carbocycles. The van der Waals surface area contributed by atoms with Gasteiger partial charge in [0, 0.05) is 18.1 Å². The Hall–Kier alpha value is -5.39. The SMILES string of the molecule is CC(=O)Oc1ccc(C(=Cc2ccccc2)C(=O)Oc2ccc(C(=N)N)cc2C(=O)c2ccccc2)cc1.CS(=O)(=O)O. The summed E-state index contributed by atoms with van der Waals surface area (Å²) in [6.07, 6.45) is 2.39. The Morgan fingerprint density at radius 2 is 1.33 bits per heavy atom. The molecule has 4 aromatic rings. The van der Waals surface area contributed by atoms with Crippen LogP contribution < -0.4 is 15.2 Å². The molecular weight excluding hydrogens is 572 g/mol. The van der Waals surface area contributed by atoms with Crippen molar-refractivity contribution >= 4 is 45.3 Å². The molecule has 0 heterocycles. The molecule has 4 rings (SSSR count). The molecule has 0 saturated heterocycles. The van der Waals surface area contributed by atoms with Crippen molar-refractivity contribution in [1.82, 2.24) is 0 Å². The molecular formula is C32H28N2O8S. The van der Waals surface area contributed by atoms with Gasteiger partial charge in [0.25, 0.3) is 10.1 Å². The lowest BCUT2D eigenvalue weighted by molar-refractivity contribution is -0.132. The molecule has 0 fully saturated rings. The van der Waals surface area contributed by atoms with Gasteiger partial charge < -0.3 is 15.2 Å². The summed E-state index contributed by atoms with van der Waals surface area (Å²) in [5, 5.41) is 7.77. The van der Waals surface area contributed by atoms with E-state index >= 15 is 0 Å². The fourth-order valence-corrected chi connectivity index (χ4v) is 3.71. The zero-order valence-electron chi connectivity index (χ0n) is 23.2. The van der Waals surface area contributed by atoms with Crippen LogP contribution in [0.25, 0.3) is 11.6 Å². The Morgan fingerprint density at radius 3 is 1.86 bits per heavy atom. The number of benzene rings is 4. The topological polar surface area (TPSA) is 174 Å². The molecule has 0 unspecified atom stereocenters. The van der Waals surface area contributed by atoms with Gasteiger partial charge in [0.2, 0.25) is 0 Å². The number of esters is 2. The maximum atomic E-state index is 13.6. The van der Waals surface area contributed by atoms with Gasteiger partial charge in [-0.05, 0) is 47.5 Å². The minimum atomic E-state index is -3.67. The van der Waals surface area contributed by atoms with Gasteiger partial charge in [-0.2, -0.15) is 8.42 Å². The lowest BCUT2D eigenvalue weighted by Crippen LogP contribution is -2.16. The molecule has 0 spiro atoms. The van der Waals surface area contributed by atoms with Gasteiger partial charge in [-0.15, -0.1) is 0 Å². The van der Waals surface area contributed by atoms with Crippen LogP contribution in [0.1, 0.15) is 39.5 Å².